The molecule has 0 unspecified atom stereocenters. The molecule has 0 fully saturated rings. The lowest BCUT2D eigenvalue weighted by Crippen LogP contribution is -2.13. The molecule has 194 valence electrons. The van der Waals surface area contributed by atoms with Crippen molar-refractivity contribution in [3.8, 4) is 0 Å². The van der Waals surface area contributed by atoms with Crippen LogP contribution in [0.25, 0.3) is 6.08 Å². The van der Waals surface area contributed by atoms with E-state index in [0.29, 0.717) is 24.2 Å². The monoisotopic (exact) mass is 493 g/mol. The first kappa shape index (κ1) is 28.1. The molecular formula is C34H43N3. The Bertz CT molecular complexity index is 1250. The van der Waals surface area contributed by atoms with Gasteiger partial charge in [-0.15, -0.1) is 0 Å². The maximum Gasteiger partial charge on any atom is 0.0739 e. The minimum atomic E-state index is 0.361. The van der Waals surface area contributed by atoms with E-state index in [9.17, 15) is 0 Å². The molecule has 3 heteroatoms. The standard InChI is InChI=1S/C34H43N3/c1-10-27-15-13-17-29(22(2)3)33(27)36-25(8)32(21-28-16-11-12-20-35-28)26(9)37-34-30(23(4)5)18-14-19-31(34)24(6)7/h10-20,22-24,37H,1,21H2,2-9H3/b32-26-,36-25+. The highest BCUT2D eigenvalue weighted by molar-refractivity contribution is 6.01. The number of rotatable bonds is 10. The van der Waals surface area contributed by atoms with Crippen molar-refractivity contribution in [2.75, 3.05) is 5.32 Å². The highest BCUT2D eigenvalue weighted by Crippen LogP contribution is 2.35. The second kappa shape index (κ2) is 12.7. The van der Waals surface area contributed by atoms with Crippen molar-refractivity contribution < 1.29 is 0 Å². The number of nitrogens with one attached hydrogen (secondary N) is 1. The highest BCUT2D eigenvalue weighted by atomic mass is 14.9. The van der Waals surface area contributed by atoms with Crippen molar-refractivity contribution >= 4 is 23.2 Å². The van der Waals surface area contributed by atoms with Crippen LogP contribution in [-0.2, 0) is 6.42 Å². The van der Waals surface area contributed by atoms with E-state index in [1.54, 1.807) is 0 Å². The number of aromatic nitrogens is 1. The highest BCUT2D eigenvalue weighted by Gasteiger charge is 2.17. The van der Waals surface area contributed by atoms with E-state index in [1.165, 1.54) is 22.4 Å². The molecule has 0 radical (unpaired) electrons. The first-order valence-electron chi connectivity index (χ1n) is 13.4. The van der Waals surface area contributed by atoms with Crippen molar-refractivity contribution in [1.82, 2.24) is 4.98 Å². The maximum absolute atomic E-state index is 5.25. The van der Waals surface area contributed by atoms with Gasteiger partial charge < -0.3 is 5.32 Å². The third-order valence-corrected chi connectivity index (χ3v) is 6.88. The summed E-state index contributed by atoms with van der Waals surface area (Å²) in [4.78, 5) is 9.88. The van der Waals surface area contributed by atoms with Crippen molar-refractivity contribution in [1.29, 1.82) is 0 Å². The Morgan fingerprint density at radius 2 is 1.43 bits per heavy atom. The van der Waals surface area contributed by atoms with Gasteiger partial charge in [-0.25, -0.2) is 0 Å². The fourth-order valence-electron chi connectivity index (χ4n) is 4.75. The zero-order valence-electron chi connectivity index (χ0n) is 23.9. The molecule has 3 rings (SSSR count). The average Bonchev–Trinajstić information content (AvgIpc) is 2.87. The van der Waals surface area contributed by atoms with E-state index in [1.807, 2.05) is 24.4 Å². The molecule has 3 aromatic rings. The third kappa shape index (κ3) is 6.85. The van der Waals surface area contributed by atoms with E-state index < -0.39 is 0 Å². The van der Waals surface area contributed by atoms with Gasteiger partial charge in [0.2, 0.25) is 0 Å². The largest absolute Gasteiger partial charge is 0.358 e. The van der Waals surface area contributed by atoms with E-state index in [-0.39, 0.29) is 0 Å². The van der Waals surface area contributed by atoms with Crippen molar-refractivity contribution in [2.24, 2.45) is 4.99 Å². The molecule has 2 aromatic carbocycles. The van der Waals surface area contributed by atoms with Crippen LogP contribution in [0.4, 0.5) is 11.4 Å². The Hall–Kier alpha value is -3.46. The van der Waals surface area contributed by atoms with E-state index in [0.717, 1.165) is 33.9 Å². The molecule has 0 saturated heterocycles. The number of hydrogen-bond acceptors (Lipinski definition) is 3. The number of anilines is 1. The smallest absolute Gasteiger partial charge is 0.0739 e. The Kier molecular flexibility index (Phi) is 9.63. The minimum absolute atomic E-state index is 0.361. The SMILES string of the molecule is C=Cc1cccc(C(C)C)c1/N=C(C)/C(Cc1ccccn1)=C(/C)Nc1c(C(C)C)cccc1C(C)C. The average molecular weight is 494 g/mol. The summed E-state index contributed by atoms with van der Waals surface area (Å²) in [6, 6.07) is 19.1. The van der Waals surface area contributed by atoms with Crippen LogP contribution in [0.15, 0.2) is 83.6 Å². The quantitative estimate of drug-likeness (QED) is 0.285. The zero-order chi connectivity index (χ0) is 27.1. The van der Waals surface area contributed by atoms with E-state index in [2.05, 4.69) is 115 Å². The Balaban J connectivity index is 2.20. The first-order valence-corrected chi connectivity index (χ1v) is 13.4. The number of hydrogen-bond donors (Lipinski definition) is 1. The molecule has 1 aromatic heterocycles. The maximum atomic E-state index is 5.25. The summed E-state index contributed by atoms with van der Waals surface area (Å²) in [5.41, 5.74) is 11.4. The molecule has 0 amide bonds. The molecule has 0 spiro atoms. The molecular weight excluding hydrogens is 450 g/mol. The fourth-order valence-corrected chi connectivity index (χ4v) is 4.75. The van der Waals surface area contributed by atoms with Crippen LogP contribution in [0.2, 0.25) is 0 Å². The summed E-state index contributed by atoms with van der Waals surface area (Å²) in [6.07, 6.45) is 4.46. The molecule has 37 heavy (non-hydrogen) atoms. The van der Waals surface area contributed by atoms with Gasteiger partial charge in [0.05, 0.1) is 5.69 Å². The predicted molar refractivity (Wildman–Crippen MR) is 162 cm³/mol. The molecule has 1 heterocycles. The van der Waals surface area contributed by atoms with Gasteiger partial charge in [0.1, 0.15) is 0 Å². The lowest BCUT2D eigenvalue weighted by Gasteiger charge is -2.23. The van der Waals surface area contributed by atoms with Crippen LogP contribution in [0.1, 0.15) is 101 Å². The van der Waals surface area contributed by atoms with Crippen molar-refractivity contribution in [3.63, 3.8) is 0 Å². The second-order valence-electron chi connectivity index (χ2n) is 10.7. The number of nitrogens with zero attached hydrogens (tertiary/aromatic N) is 2. The summed E-state index contributed by atoms with van der Waals surface area (Å²) in [6.45, 7) is 21.8. The molecule has 0 aliphatic rings. The zero-order valence-corrected chi connectivity index (χ0v) is 23.9. The Morgan fingerprint density at radius 3 is 1.97 bits per heavy atom. The van der Waals surface area contributed by atoms with Gasteiger partial charge in [0.25, 0.3) is 0 Å². The van der Waals surface area contributed by atoms with Gasteiger partial charge in [-0.1, -0.05) is 96.7 Å². The van der Waals surface area contributed by atoms with E-state index >= 15 is 0 Å². The number of benzene rings is 2. The first-order chi connectivity index (χ1) is 17.6. The normalized spacial score (nSPS) is 12.8. The number of pyridine rings is 1. The lowest BCUT2D eigenvalue weighted by molar-refractivity contribution is 0.836. The summed E-state index contributed by atoms with van der Waals surface area (Å²) in [5, 5.41) is 3.85. The molecule has 0 aliphatic heterocycles. The summed E-state index contributed by atoms with van der Waals surface area (Å²) >= 11 is 0. The summed E-state index contributed by atoms with van der Waals surface area (Å²) in [5.74, 6) is 1.19. The van der Waals surface area contributed by atoms with Crippen LogP contribution >= 0.6 is 0 Å². The van der Waals surface area contributed by atoms with Crippen LogP contribution in [0.3, 0.4) is 0 Å². The van der Waals surface area contributed by atoms with Gasteiger partial charge in [-0.2, -0.15) is 0 Å². The lowest BCUT2D eigenvalue weighted by atomic mass is 9.92. The Morgan fingerprint density at radius 1 is 0.838 bits per heavy atom. The number of aliphatic imine (C=N–C) groups is 1. The molecule has 0 aliphatic carbocycles. The minimum Gasteiger partial charge on any atom is -0.358 e. The van der Waals surface area contributed by atoms with Gasteiger partial charge in [-0.3, -0.25) is 9.98 Å². The summed E-state index contributed by atoms with van der Waals surface area (Å²) < 4.78 is 0. The van der Waals surface area contributed by atoms with E-state index in [4.69, 9.17) is 4.99 Å². The number of allylic oxidation sites excluding steroid dienone is 2. The molecule has 1 N–H and O–H groups in total. The second-order valence-corrected chi connectivity index (χ2v) is 10.7. The van der Waals surface area contributed by atoms with Gasteiger partial charge in [0.15, 0.2) is 0 Å². The van der Waals surface area contributed by atoms with Crippen molar-refractivity contribution in [3.05, 3.63) is 107 Å². The summed E-state index contributed by atoms with van der Waals surface area (Å²) in [7, 11) is 0. The number of para-hydroxylation sites is 2. The molecule has 3 nitrogen and oxygen atoms in total. The van der Waals surface area contributed by atoms with Crippen LogP contribution in [0.5, 0.6) is 0 Å². The van der Waals surface area contributed by atoms with Crippen LogP contribution in [0, 0.1) is 0 Å². The van der Waals surface area contributed by atoms with Gasteiger partial charge in [0, 0.05) is 35.4 Å². The molecule has 0 bridgehead atoms. The van der Waals surface area contributed by atoms with Crippen LogP contribution in [-0.4, -0.2) is 10.7 Å². The molecule has 0 atom stereocenters. The fraction of sp³-hybridized carbons (Fsp3) is 0.353. The van der Waals surface area contributed by atoms with Crippen LogP contribution < -0.4 is 5.32 Å². The van der Waals surface area contributed by atoms with Crippen molar-refractivity contribution in [2.45, 2.75) is 79.6 Å². The Labute approximate surface area is 224 Å². The van der Waals surface area contributed by atoms with Gasteiger partial charge >= 0.3 is 0 Å². The molecule has 0 saturated carbocycles. The topological polar surface area (TPSA) is 37.3 Å². The van der Waals surface area contributed by atoms with Gasteiger partial charge in [-0.05, 0) is 71.6 Å². The predicted octanol–water partition coefficient (Wildman–Crippen LogP) is 9.82. The third-order valence-electron chi connectivity index (χ3n) is 6.88.